The van der Waals surface area contributed by atoms with Gasteiger partial charge in [0.2, 0.25) is 0 Å². The van der Waals surface area contributed by atoms with E-state index in [0.29, 0.717) is 13.2 Å². The molecule has 4 nitrogen and oxygen atoms in total. The first kappa shape index (κ1) is 37.2. The van der Waals surface area contributed by atoms with Gasteiger partial charge in [0.1, 0.15) is 11.5 Å². The highest BCUT2D eigenvalue weighted by molar-refractivity contribution is 5.81. The van der Waals surface area contributed by atoms with Crippen LogP contribution in [0.2, 0.25) is 0 Å². The third-order valence-corrected chi connectivity index (χ3v) is 7.51. The highest BCUT2D eigenvalue weighted by Crippen LogP contribution is 2.25. The minimum absolute atomic E-state index is 0.351. The molecule has 1 aliphatic carbocycles. The molecule has 0 spiro atoms. The van der Waals surface area contributed by atoms with Crippen molar-refractivity contribution in [1.82, 2.24) is 0 Å². The van der Waals surface area contributed by atoms with Crippen LogP contribution in [0.5, 0.6) is 5.75 Å². The van der Waals surface area contributed by atoms with E-state index in [4.69, 9.17) is 14.2 Å². The molecule has 0 aromatic heterocycles. The van der Waals surface area contributed by atoms with E-state index in [1.807, 2.05) is 48.6 Å². The van der Waals surface area contributed by atoms with Gasteiger partial charge in [-0.1, -0.05) is 108 Å². The zero-order valence-corrected chi connectivity index (χ0v) is 28.0. The molecule has 242 valence electrons. The summed E-state index contributed by atoms with van der Waals surface area (Å²) in [5.41, 5.74) is 8.87. The van der Waals surface area contributed by atoms with E-state index < -0.39 is 0 Å². The van der Waals surface area contributed by atoms with E-state index in [0.717, 1.165) is 79.8 Å². The van der Waals surface area contributed by atoms with Crippen LogP contribution in [0.25, 0.3) is 5.57 Å². The highest BCUT2D eigenvalue weighted by Gasteiger charge is 2.04. The van der Waals surface area contributed by atoms with Crippen LogP contribution >= 0.6 is 0 Å². The lowest BCUT2D eigenvalue weighted by molar-refractivity contribution is -0.137. The predicted molar refractivity (Wildman–Crippen MR) is 190 cm³/mol. The largest absolute Gasteiger partial charge is 0.494 e. The molecule has 0 radical (unpaired) electrons. The molecule has 0 bridgehead atoms. The number of carbonyl (C=O) groups excluding carboxylic acids is 1. The van der Waals surface area contributed by atoms with Crippen molar-refractivity contribution in [2.45, 2.75) is 91.4 Å². The summed E-state index contributed by atoms with van der Waals surface area (Å²) < 4.78 is 16.9. The van der Waals surface area contributed by atoms with Crippen molar-refractivity contribution in [3.8, 4) is 5.75 Å². The Morgan fingerprint density at radius 3 is 2.18 bits per heavy atom. The molecule has 1 aliphatic rings. The van der Waals surface area contributed by atoms with Gasteiger partial charge in [-0.2, -0.15) is 0 Å². The van der Waals surface area contributed by atoms with Gasteiger partial charge in [-0.05, 0) is 91.8 Å². The molecular weight excluding hydrogens is 556 g/mol. The average molecular weight is 611 g/mol. The number of carbonyl (C=O) groups is 1. The summed E-state index contributed by atoms with van der Waals surface area (Å²) in [5, 5.41) is 0. The summed E-state index contributed by atoms with van der Waals surface area (Å²) in [6, 6.07) is 8.34. The lowest BCUT2D eigenvalue weighted by Crippen LogP contribution is -2.01. The topological polar surface area (TPSA) is 44.8 Å². The predicted octanol–water partition coefficient (Wildman–Crippen LogP) is 11.1. The molecule has 0 fully saturated rings. The molecule has 2 rings (SSSR count). The molecular formula is C41H54O4. The van der Waals surface area contributed by atoms with Gasteiger partial charge in [0.25, 0.3) is 0 Å². The van der Waals surface area contributed by atoms with E-state index in [1.165, 1.54) is 42.9 Å². The van der Waals surface area contributed by atoms with Crippen LogP contribution in [0, 0.1) is 0 Å². The number of allylic oxidation sites excluding steroid dienone is 11. The normalized spacial score (nSPS) is 13.3. The van der Waals surface area contributed by atoms with E-state index in [2.05, 4.69) is 63.9 Å². The number of unbranched alkanes of at least 4 members (excludes halogenated alkanes) is 8. The molecule has 4 heteroatoms. The van der Waals surface area contributed by atoms with E-state index >= 15 is 0 Å². The zero-order chi connectivity index (χ0) is 32.5. The van der Waals surface area contributed by atoms with Crippen molar-refractivity contribution in [2.24, 2.45) is 0 Å². The number of esters is 1. The quantitative estimate of drug-likeness (QED) is 0.0406. The minimum atomic E-state index is -0.351. The smallest absolute Gasteiger partial charge is 0.330 e. The second-order valence-corrected chi connectivity index (χ2v) is 11.2. The molecule has 1 aromatic carbocycles. The molecule has 45 heavy (non-hydrogen) atoms. The Kier molecular flexibility index (Phi) is 19.3. The lowest BCUT2D eigenvalue weighted by atomic mass is 9.98. The summed E-state index contributed by atoms with van der Waals surface area (Å²) in [6.45, 7) is 16.1. The number of rotatable bonds is 23. The van der Waals surface area contributed by atoms with Gasteiger partial charge in [0.05, 0.1) is 19.8 Å². The number of hydrogen-bond donors (Lipinski definition) is 0. The monoisotopic (exact) mass is 610 g/mol. The van der Waals surface area contributed by atoms with Crippen LogP contribution < -0.4 is 4.74 Å². The summed E-state index contributed by atoms with van der Waals surface area (Å²) >= 11 is 0. The van der Waals surface area contributed by atoms with Crippen molar-refractivity contribution in [2.75, 3.05) is 19.8 Å². The van der Waals surface area contributed by atoms with Crippen molar-refractivity contribution in [3.05, 3.63) is 126 Å². The van der Waals surface area contributed by atoms with Crippen molar-refractivity contribution < 1.29 is 19.0 Å². The Morgan fingerprint density at radius 2 is 1.49 bits per heavy atom. The summed E-state index contributed by atoms with van der Waals surface area (Å²) in [4.78, 5) is 11.0. The number of benzene rings is 1. The molecule has 0 N–H and O–H groups in total. The van der Waals surface area contributed by atoms with Crippen LogP contribution in [0.3, 0.4) is 0 Å². The molecule has 0 aliphatic heterocycles. The van der Waals surface area contributed by atoms with E-state index in [-0.39, 0.29) is 5.97 Å². The lowest BCUT2D eigenvalue weighted by Gasteiger charge is -2.10. The Hall–Kier alpha value is -4.01. The second-order valence-electron chi connectivity index (χ2n) is 11.2. The second kappa shape index (κ2) is 23.4. The Balaban J connectivity index is 1.80. The summed E-state index contributed by atoms with van der Waals surface area (Å²) in [6.07, 6.45) is 29.6. The first-order valence-corrected chi connectivity index (χ1v) is 16.7. The molecule has 0 saturated heterocycles. The molecule has 0 unspecified atom stereocenters. The van der Waals surface area contributed by atoms with Crippen molar-refractivity contribution in [3.63, 3.8) is 0 Å². The van der Waals surface area contributed by atoms with Crippen LogP contribution in [0.1, 0.15) is 97.0 Å². The van der Waals surface area contributed by atoms with Gasteiger partial charge in [0, 0.05) is 11.6 Å². The van der Waals surface area contributed by atoms with Gasteiger partial charge in [0.15, 0.2) is 0 Å². The molecule has 0 saturated carbocycles. The number of hydrogen-bond acceptors (Lipinski definition) is 4. The fraction of sp³-hybridized carbons (Fsp3) is 0.415. The maximum Gasteiger partial charge on any atom is 0.330 e. The van der Waals surface area contributed by atoms with Gasteiger partial charge >= 0.3 is 5.97 Å². The highest BCUT2D eigenvalue weighted by atomic mass is 16.5. The molecule has 0 heterocycles. The van der Waals surface area contributed by atoms with Crippen molar-refractivity contribution >= 4 is 11.5 Å². The zero-order valence-electron chi connectivity index (χ0n) is 28.0. The summed E-state index contributed by atoms with van der Waals surface area (Å²) in [5.74, 6) is 1.41. The third kappa shape index (κ3) is 16.6. The maximum absolute atomic E-state index is 11.0. The van der Waals surface area contributed by atoms with E-state index in [9.17, 15) is 4.79 Å². The van der Waals surface area contributed by atoms with Gasteiger partial charge in [-0.3, -0.25) is 0 Å². The van der Waals surface area contributed by atoms with Crippen LogP contribution in [0.4, 0.5) is 0 Å². The standard InChI is InChI=1S/C41H54O4/c1-6-9-10-12-15-31-43-38-20-18-19-36(24-27-38)23-21-34(4)22-30-40(35(5)7-2)37-25-28-39(29-26-37)44-32-16-13-11-14-17-33-45-41(42)8-3/h8,18,20-30H,3-4,6-7,9-17,31-33H2,1-2,5H3/b23-21?,30-22-,40-35+. The first-order chi connectivity index (χ1) is 22.0. The Labute approximate surface area is 272 Å². The van der Waals surface area contributed by atoms with Crippen LogP contribution in [-0.4, -0.2) is 25.8 Å². The SMILES string of the molecule is C=CC(=O)OCCCCCCCOc1ccc(C(/C=C\C(=C)C=CC2=C=CC=C(OCCCCCCC)C=C2)=C(\C)CC)cc1. The van der Waals surface area contributed by atoms with Crippen LogP contribution in [0.15, 0.2) is 120 Å². The van der Waals surface area contributed by atoms with E-state index in [1.54, 1.807) is 0 Å². The minimum Gasteiger partial charge on any atom is -0.494 e. The number of ether oxygens (including phenoxy) is 3. The van der Waals surface area contributed by atoms with Crippen molar-refractivity contribution in [1.29, 1.82) is 0 Å². The Bertz CT molecular complexity index is 1280. The molecule has 0 atom stereocenters. The maximum atomic E-state index is 11.0. The fourth-order valence-corrected chi connectivity index (χ4v) is 4.60. The molecule has 0 amide bonds. The van der Waals surface area contributed by atoms with Gasteiger partial charge in [-0.15, -0.1) is 5.73 Å². The van der Waals surface area contributed by atoms with Gasteiger partial charge in [-0.25, -0.2) is 4.79 Å². The van der Waals surface area contributed by atoms with Gasteiger partial charge < -0.3 is 14.2 Å². The third-order valence-electron chi connectivity index (χ3n) is 7.51. The van der Waals surface area contributed by atoms with Crippen LogP contribution in [-0.2, 0) is 14.3 Å². The fourth-order valence-electron chi connectivity index (χ4n) is 4.60. The Morgan fingerprint density at radius 1 is 0.822 bits per heavy atom. The first-order valence-electron chi connectivity index (χ1n) is 16.7. The molecule has 1 aromatic rings. The average Bonchev–Trinajstić information content (AvgIpc) is 3.30. The summed E-state index contributed by atoms with van der Waals surface area (Å²) in [7, 11) is 0.